The molecule has 0 bridgehead atoms. The zero-order chi connectivity index (χ0) is 29.3. The Bertz CT molecular complexity index is 1470. The number of carbonyl (C=O) groups is 3. The van der Waals surface area contributed by atoms with E-state index in [1.807, 2.05) is 36.4 Å². The lowest BCUT2D eigenvalue weighted by molar-refractivity contribution is -0.139. The molecule has 0 aliphatic carbocycles. The number of carboxylic acids is 1. The second-order valence-electron chi connectivity index (χ2n) is 9.98. The van der Waals surface area contributed by atoms with E-state index in [0.29, 0.717) is 26.2 Å². The fraction of sp³-hybridized carbons (Fsp3) is 0.212. The molecule has 1 aromatic heterocycles. The molecule has 214 valence electrons. The van der Waals surface area contributed by atoms with Crippen LogP contribution in [-0.4, -0.2) is 77.1 Å². The first-order chi connectivity index (χ1) is 20.5. The zero-order valence-electron chi connectivity index (χ0n) is 23.1. The lowest BCUT2D eigenvalue weighted by Crippen LogP contribution is -2.50. The summed E-state index contributed by atoms with van der Waals surface area (Å²) in [6.07, 6.45) is 3.27. The molecule has 42 heavy (non-hydrogen) atoms. The van der Waals surface area contributed by atoms with Crippen LogP contribution in [0.25, 0.3) is 11.1 Å². The lowest BCUT2D eigenvalue weighted by atomic mass is 9.96. The molecule has 0 saturated carbocycles. The molecule has 5 rings (SSSR count). The van der Waals surface area contributed by atoms with Crippen molar-refractivity contribution in [2.75, 3.05) is 44.7 Å². The van der Waals surface area contributed by atoms with E-state index >= 15 is 0 Å². The smallest absolute Gasteiger partial charge is 0.337 e. The van der Waals surface area contributed by atoms with Gasteiger partial charge in [0.2, 0.25) is 11.8 Å². The Labute approximate surface area is 244 Å². The Kier molecular flexibility index (Phi) is 9.33. The van der Waals surface area contributed by atoms with Crippen LogP contribution in [0.5, 0.6) is 0 Å². The first kappa shape index (κ1) is 28.7. The molecule has 9 heteroatoms. The minimum atomic E-state index is -1.16. The molecule has 1 aliphatic heterocycles. The van der Waals surface area contributed by atoms with Gasteiger partial charge in [-0.15, -0.1) is 0 Å². The predicted octanol–water partition coefficient (Wildman–Crippen LogP) is 4.34. The van der Waals surface area contributed by atoms with Gasteiger partial charge < -0.3 is 20.1 Å². The Morgan fingerprint density at radius 2 is 1.40 bits per heavy atom. The monoisotopic (exact) mass is 564 g/mol. The highest BCUT2D eigenvalue weighted by Gasteiger charge is 2.28. The molecule has 0 radical (unpaired) electrons. The summed E-state index contributed by atoms with van der Waals surface area (Å²) in [4.78, 5) is 45.3. The van der Waals surface area contributed by atoms with Gasteiger partial charge in [0.05, 0.1) is 17.3 Å². The van der Waals surface area contributed by atoms with Crippen LogP contribution in [0.1, 0.15) is 27.5 Å². The van der Waals surface area contributed by atoms with Crippen LogP contribution in [0.4, 0.5) is 5.69 Å². The standard InChI is InChI=1S/C33H32N4O5/c38-30(35-29-21-27(11-12-28(29)33(40)41)24-13-15-34-16-14-24)22-42-23-31(39)36-17-19-37(20-18-36)32(25-7-3-1-4-8-25)26-9-5-2-6-10-26/h1-16,21,32H,17-20,22-23H2,(H,35,38)(H,40,41). The Morgan fingerprint density at radius 1 is 0.786 bits per heavy atom. The van der Waals surface area contributed by atoms with Crippen LogP contribution >= 0.6 is 0 Å². The molecule has 3 aromatic carbocycles. The van der Waals surface area contributed by atoms with E-state index < -0.39 is 11.9 Å². The minimum absolute atomic E-state index is 0.0422. The number of rotatable bonds is 10. The molecule has 2 heterocycles. The van der Waals surface area contributed by atoms with Crippen LogP contribution in [0.3, 0.4) is 0 Å². The van der Waals surface area contributed by atoms with Gasteiger partial charge in [0.1, 0.15) is 13.2 Å². The van der Waals surface area contributed by atoms with Crippen molar-refractivity contribution in [1.29, 1.82) is 0 Å². The molecule has 2 N–H and O–H groups in total. The number of piperazine rings is 1. The maximum atomic E-state index is 12.9. The van der Waals surface area contributed by atoms with Crippen LogP contribution in [0.2, 0.25) is 0 Å². The third-order valence-electron chi connectivity index (χ3n) is 7.26. The average Bonchev–Trinajstić information content (AvgIpc) is 3.03. The summed E-state index contributed by atoms with van der Waals surface area (Å²) in [6, 6.07) is 29.1. The molecule has 0 unspecified atom stereocenters. The van der Waals surface area contributed by atoms with Gasteiger partial charge in [-0.25, -0.2) is 4.79 Å². The van der Waals surface area contributed by atoms with Gasteiger partial charge in [-0.3, -0.25) is 19.5 Å². The van der Waals surface area contributed by atoms with Gasteiger partial charge >= 0.3 is 5.97 Å². The topological polar surface area (TPSA) is 112 Å². The van der Waals surface area contributed by atoms with Gasteiger partial charge in [-0.05, 0) is 46.5 Å². The highest BCUT2D eigenvalue weighted by Crippen LogP contribution is 2.29. The fourth-order valence-corrected chi connectivity index (χ4v) is 5.18. The SMILES string of the molecule is O=C(COCC(=O)N1CCN(C(c2ccccc2)c2ccccc2)CC1)Nc1cc(-c2ccncc2)ccc1C(=O)O. The second-order valence-corrected chi connectivity index (χ2v) is 9.98. The van der Waals surface area contributed by atoms with Gasteiger partial charge in [0, 0.05) is 38.6 Å². The second kappa shape index (κ2) is 13.7. The highest BCUT2D eigenvalue weighted by molar-refractivity contribution is 6.02. The van der Waals surface area contributed by atoms with Gasteiger partial charge in [0.15, 0.2) is 0 Å². The van der Waals surface area contributed by atoms with Gasteiger partial charge in [0.25, 0.3) is 0 Å². The van der Waals surface area contributed by atoms with Crippen LogP contribution < -0.4 is 5.32 Å². The number of aromatic nitrogens is 1. The van der Waals surface area contributed by atoms with Crippen molar-refractivity contribution >= 4 is 23.5 Å². The predicted molar refractivity (Wildman–Crippen MR) is 159 cm³/mol. The van der Waals surface area contributed by atoms with E-state index in [1.165, 1.54) is 17.2 Å². The molecule has 2 amide bonds. The molecular formula is C33H32N4O5. The number of carbonyl (C=O) groups excluding carboxylic acids is 2. The van der Waals surface area contributed by atoms with E-state index in [4.69, 9.17) is 4.74 Å². The third-order valence-corrected chi connectivity index (χ3v) is 7.26. The Balaban J connectivity index is 1.14. The summed E-state index contributed by atoms with van der Waals surface area (Å²) in [5.41, 5.74) is 4.08. The number of hydrogen-bond acceptors (Lipinski definition) is 6. The first-order valence-corrected chi connectivity index (χ1v) is 13.8. The molecule has 4 aromatic rings. The van der Waals surface area contributed by atoms with Crippen molar-refractivity contribution in [2.24, 2.45) is 0 Å². The van der Waals surface area contributed by atoms with E-state index in [9.17, 15) is 19.5 Å². The van der Waals surface area contributed by atoms with E-state index in [1.54, 1.807) is 41.6 Å². The average molecular weight is 565 g/mol. The Morgan fingerprint density at radius 3 is 2.00 bits per heavy atom. The summed E-state index contributed by atoms with van der Waals surface area (Å²) in [5, 5.41) is 12.2. The minimum Gasteiger partial charge on any atom is -0.478 e. The van der Waals surface area contributed by atoms with Crippen molar-refractivity contribution in [3.8, 4) is 11.1 Å². The number of pyridine rings is 1. The highest BCUT2D eigenvalue weighted by atomic mass is 16.5. The van der Waals surface area contributed by atoms with Crippen molar-refractivity contribution < 1.29 is 24.2 Å². The fourth-order valence-electron chi connectivity index (χ4n) is 5.18. The number of hydrogen-bond donors (Lipinski definition) is 2. The normalized spacial score (nSPS) is 13.6. The van der Waals surface area contributed by atoms with Crippen molar-refractivity contribution in [2.45, 2.75) is 6.04 Å². The van der Waals surface area contributed by atoms with E-state index in [0.717, 1.165) is 11.1 Å². The quantitative estimate of drug-likeness (QED) is 0.295. The van der Waals surface area contributed by atoms with Crippen LogP contribution in [-0.2, 0) is 14.3 Å². The molecule has 1 fully saturated rings. The number of ether oxygens (including phenoxy) is 1. The summed E-state index contributed by atoms with van der Waals surface area (Å²) < 4.78 is 5.44. The number of aromatic carboxylic acids is 1. The molecular weight excluding hydrogens is 532 g/mol. The maximum absolute atomic E-state index is 12.9. The maximum Gasteiger partial charge on any atom is 0.337 e. The molecule has 1 saturated heterocycles. The summed E-state index contributed by atoms with van der Waals surface area (Å²) in [7, 11) is 0. The number of nitrogens with one attached hydrogen (secondary N) is 1. The first-order valence-electron chi connectivity index (χ1n) is 13.8. The lowest BCUT2D eigenvalue weighted by Gasteiger charge is -2.39. The molecule has 9 nitrogen and oxygen atoms in total. The zero-order valence-corrected chi connectivity index (χ0v) is 23.1. The van der Waals surface area contributed by atoms with Crippen molar-refractivity contribution in [3.63, 3.8) is 0 Å². The largest absolute Gasteiger partial charge is 0.478 e. The molecule has 1 aliphatic rings. The summed E-state index contributed by atoms with van der Waals surface area (Å²) in [5.74, 6) is -1.90. The molecule has 0 atom stereocenters. The number of amides is 2. The molecule has 0 spiro atoms. The number of nitrogens with zero attached hydrogens (tertiary/aromatic N) is 3. The van der Waals surface area contributed by atoms with E-state index in [2.05, 4.69) is 39.5 Å². The number of carboxylic acid groups (broad SMARTS) is 1. The van der Waals surface area contributed by atoms with Gasteiger partial charge in [-0.2, -0.15) is 0 Å². The summed E-state index contributed by atoms with van der Waals surface area (Å²) in [6.45, 7) is 1.88. The number of benzene rings is 3. The summed E-state index contributed by atoms with van der Waals surface area (Å²) >= 11 is 0. The van der Waals surface area contributed by atoms with E-state index in [-0.39, 0.29) is 36.4 Å². The Hall–Kier alpha value is -4.86. The van der Waals surface area contributed by atoms with Crippen LogP contribution in [0.15, 0.2) is 103 Å². The van der Waals surface area contributed by atoms with Gasteiger partial charge in [-0.1, -0.05) is 66.7 Å². The van der Waals surface area contributed by atoms with Crippen LogP contribution in [0, 0.1) is 0 Å². The van der Waals surface area contributed by atoms with Crippen molar-refractivity contribution in [3.05, 3.63) is 120 Å². The third kappa shape index (κ3) is 7.06. The van der Waals surface area contributed by atoms with Crippen molar-refractivity contribution in [1.82, 2.24) is 14.8 Å². The number of anilines is 1.